The van der Waals surface area contributed by atoms with Crippen LogP contribution in [-0.2, 0) is 9.53 Å². The average Bonchev–Trinajstić information content (AvgIpc) is 2.41. The highest BCUT2D eigenvalue weighted by atomic mass is 16.5. The number of carbonyl (C=O) groups is 2. The topological polar surface area (TPSA) is 79.2 Å². The van der Waals surface area contributed by atoms with Gasteiger partial charge in [-0.1, -0.05) is 5.73 Å². The number of nitrogens with zero attached hydrogens (tertiary/aromatic N) is 1. The molecule has 0 unspecified atom stereocenters. The lowest BCUT2D eigenvalue weighted by molar-refractivity contribution is -0.136. The molecule has 0 saturated heterocycles. The molecule has 1 N–H and O–H groups in total. The van der Waals surface area contributed by atoms with Crippen molar-refractivity contribution in [2.75, 3.05) is 7.11 Å². The number of nitrogens with one attached hydrogen (secondary N) is 1. The second-order valence-electron chi connectivity index (χ2n) is 3.89. The van der Waals surface area contributed by atoms with E-state index in [4.69, 9.17) is 5.26 Å². The Kier molecular flexibility index (Phi) is 3.46. The molecule has 1 aliphatic carbocycles. The Morgan fingerprint density at radius 2 is 2.05 bits per heavy atom. The minimum absolute atomic E-state index is 0. The van der Waals surface area contributed by atoms with Crippen molar-refractivity contribution in [3.63, 3.8) is 0 Å². The van der Waals surface area contributed by atoms with Crippen LogP contribution in [0.2, 0.25) is 0 Å². The molecular weight excluding hydrogens is 244 g/mol. The predicted octanol–water partition coefficient (Wildman–Crippen LogP) is 1.52. The third-order valence-electron chi connectivity index (χ3n) is 2.63. The number of nitriles is 1. The van der Waals surface area contributed by atoms with Crippen LogP contribution in [0.3, 0.4) is 0 Å². The summed E-state index contributed by atoms with van der Waals surface area (Å²) in [7, 11) is 1.30. The van der Waals surface area contributed by atoms with Crippen LogP contribution in [0.25, 0.3) is 0 Å². The fourth-order valence-corrected chi connectivity index (χ4v) is 1.57. The van der Waals surface area contributed by atoms with E-state index in [1.165, 1.54) is 7.11 Å². The molecule has 0 heterocycles. The Balaban J connectivity index is 0.00000200. The number of methoxy groups -OCH3 is 1. The largest absolute Gasteiger partial charge is 0.465 e. The maximum Gasteiger partial charge on any atom is 0.342 e. The maximum atomic E-state index is 11.8. The summed E-state index contributed by atoms with van der Waals surface area (Å²) >= 11 is 0. The Bertz CT molecular complexity index is 650. The van der Waals surface area contributed by atoms with Crippen LogP contribution in [0.1, 0.15) is 23.8 Å². The molecule has 1 aliphatic rings. The van der Waals surface area contributed by atoms with Gasteiger partial charge in [0.2, 0.25) is 0 Å². The van der Waals surface area contributed by atoms with Gasteiger partial charge >= 0.3 is 5.97 Å². The lowest BCUT2D eigenvalue weighted by Gasteiger charge is -2.14. The van der Waals surface area contributed by atoms with Crippen molar-refractivity contribution >= 4 is 11.9 Å². The highest BCUT2D eigenvalue weighted by Gasteiger charge is 2.20. The Labute approximate surface area is 111 Å². The van der Waals surface area contributed by atoms with E-state index in [1.54, 1.807) is 24.3 Å². The molecule has 0 saturated carbocycles. The van der Waals surface area contributed by atoms with Gasteiger partial charge in [-0.15, -0.1) is 0 Å². The number of carbonyl (C=O) groups excluding carboxylic acids is 2. The van der Waals surface area contributed by atoms with Crippen LogP contribution < -0.4 is 5.32 Å². The van der Waals surface area contributed by atoms with E-state index in [9.17, 15) is 9.59 Å². The van der Waals surface area contributed by atoms with Crippen LogP contribution in [0.15, 0.2) is 41.3 Å². The van der Waals surface area contributed by atoms with Crippen molar-refractivity contribution < 1.29 is 15.8 Å². The summed E-state index contributed by atoms with van der Waals surface area (Å²) in [4.78, 5) is 22.9. The van der Waals surface area contributed by atoms with E-state index in [1.807, 2.05) is 6.07 Å². The van der Waals surface area contributed by atoms with Crippen molar-refractivity contribution in [3.05, 3.63) is 52.4 Å². The summed E-state index contributed by atoms with van der Waals surface area (Å²) < 4.78 is 4.52. The zero-order valence-corrected chi connectivity index (χ0v) is 10.2. The molecule has 2 rings (SSSR count). The molecule has 1 amide bonds. The van der Waals surface area contributed by atoms with Gasteiger partial charge in [-0.25, -0.2) is 4.79 Å². The van der Waals surface area contributed by atoms with Gasteiger partial charge in [0.25, 0.3) is 5.91 Å². The summed E-state index contributed by atoms with van der Waals surface area (Å²) in [5.41, 5.74) is 4.63. The summed E-state index contributed by atoms with van der Waals surface area (Å²) in [6.45, 7) is 0. The van der Waals surface area contributed by atoms with Crippen LogP contribution >= 0.6 is 0 Å². The molecule has 19 heavy (non-hydrogen) atoms. The molecule has 1 aromatic rings. The van der Waals surface area contributed by atoms with Crippen molar-refractivity contribution in [3.8, 4) is 6.07 Å². The molecule has 1 aromatic carbocycles. The van der Waals surface area contributed by atoms with Gasteiger partial charge in [-0.3, -0.25) is 4.79 Å². The Morgan fingerprint density at radius 3 is 2.58 bits per heavy atom. The molecule has 0 radical (unpaired) electrons. The lowest BCUT2D eigenvalue weighted by Crippen LogP contribution is -2.26. The number of esters is 1. The van der Waals surface area contributed by atoms with E-state index in [2.05, 4.69) is 15.8 Å². The first kappa shape index (κ1) is 12.6. The minimum atomic E-state index is -0.434. The molecule has 0 atom stereocenters. The molecule has 96 valence electrons. The summed E-state index contributed by atoms with van der Waals surface area (Å²) in [5, 5.41) is 11.3. The smallest absolute Gasteiger partial charge is 0.342 e. The summed E-state index contributed by atoms with van der Waals surface area (Å²) in [6, 6.07) is 8.25. The van der Waals surface area contributed by atoms with Crippen molar-refractivity contribution in [1.29, 1.82) is 5.26 Å². The highest BCUT2D eigenvalue weighted by Crippen LogP contribution is 2.18. The van der Waals surface area contributed by atoms with Crippen molar-refractivity contribution in [2.45, 2.75) is 6.42 Å². The van der Waals surface area contributed by atoms with Gasteiger partial charge < -0.3 is 10.1 Å². The second kappa shape index (κ2) is 5.21. The van der Waals surface area contributed by atoms with Crippen LogP contribution in [0.5, 0.6) is 0 Å². The fourth-order valence-electron chi connectivity index (χ4n) is 1.57. The van der Waals surface area contributed by atoms with Gasteiger partial charge in [0, 0.05) is 13.4 Å². The van der Waals surface area contributed by atoms with Crippen molar-refractivity contribution in [1.82, 2.24) is 5.32 Å². The van der Waals surface area contributed by atoms with Crippen molar-refractivity contribution in [2.24, 2.45) is 0 Å². The second-order valence-corrected chi connectivity index (χ2v) is 3.89. The maximum absolute atomic E-state index is 11.8. The zero-order chi connectivity index (χ0) is 13.8. The van der Waals surface area contributed by atoms with Crippen LogP contribution in [0, 0.1) is 11.3 Å². The standard InChI is InChI=1S/C14H10N2O3.H2/c1-19-14(18)11-6-12(7-11)16-13(17)10-4-2-9(8-15)3-5-10;/h2-5H,6H2,1H3,(H,16,17);1H. The third-order valence-corrected chi connectivity index (χ3v) is 2.63. The average molecular weight is 256 g/mol. The molecular formula is C14H12N2O3. The lowest BCUT2D eigenvalue weighted by atomic mass is 10.0. The quantitative estimate of drug-likeness (QED) is 0.657. The van der Waals surface area contributed by atoms with E-state index in [0.29, 0.717) is 28.8 Å². The number of ether oxygens (including phenoxy) is 1. The molecule has 5 nitrogen and oxygen atoms in total. The van der Waals surface area contributed by atoms with E-state index >= 15 is 0 Å². The molecule has 5 heteroatoms. The number of amides is 1. The fraction of sp³-hybridized carbons (Fsp3) is 0.143. The number of benzene rings is 1. The van der Waals surface area contributed by atoms with Gasteiger partial charge in [-0.05, 0) is 24.3 Å². The summed E-state index contributed by atoms with van der Waals surface area (Å²) in [5.74, 6) is -0.729. The van der Waals surface area contributed by atoms with Gasteiger partial charge in [-0.2, -0.15) is 5.26 Å². The normalized spacial score (nSPS) is 12.4. The zero-order valence-electron chi connectivity index (χ0n) is 10.2. The Morgan fingerprint density at radius 1 is 1.42 bits per heavy atom. The first-order chi connectivity index (χ1) is 9.13. The molecule has 0 aromatic heterocycles. The predicted molar refractivity (Wildman–Crippen MR) is 67.9 cm³/mol. The number of hydrogen-bond acceptors (Lipinski definition) is 4. The van der Waals surface area contributed by atoms with Crippen LogP contribution in [0.4, 0.5) is 0 Å². The monoisotopic (exact) mass is 256 g/mol. The molecule has 0 fully saturated rings. The molecule has 0 spiro atoms. The molecule has 0 bridgehead atoms. The number of rotatable bonds is 3. The highest BCUT2D eigenvalue weighted by molar-refractivity contribution is 5.97. The summed E-state index contributed by atoms with van der Waals surface area (Å²) in [6.07, 6.45) is 0.342. The third kappa shape index (κ3) is 2.71. The first-order valence-corrected chi connectivity index (χ1v) is 5.52. The first-order valence-electron chi connectivity index (χ1n) is 5.52. The molecule has 0 aliphatic heterocycles. The van der Waals surface area contributed by atoms with E-state index < -0.39 is 5.97 Å². The van der Waals surface area contributed by atoms with Gasteiger partial charge in [0.05, 0.1) is 30.0 Å². The van der Waals surface area contributed by atoms with Gasteiger partial charge in [0.15, 0.2) is 0 Å². The van der Waals surface area contributed by atoms with Gasteiger partial charge in [0.1, 0.15) is 0 Å². The minimum Gasteiger partial charge on any atom is -0.465 e. The van der Waals surface area contributed by atoms with E-state index in [-0.39, 0.29) is 7.33 Å². The number of hydrogen-bond donors (Lipinski definition) is 1. The Hall–Kier alpha value is -2.83. The SMILES string of the molecule is COC(=O)C1=C=C(NC(=O)c2ccc(C#N)cc2)C1.[HH]. The van der Waals surface area contributed by atoms with E-state index in [0.717, 1.165) is 0 Å². The van der Waals surface area contributed by atoms with Crippen LogP contribution in [-0.4, -0.2) is 19.0 Å².